The number of aliphatic hydroxyl groups excluding tert-OH is 1. The lowest BCUT2D eigenvalue weighted by atomic mass is 9.95. The van der Waals surface area contributed by atoms with E-state index >= 15 is 0 Å². The molecule has 2 fully saturated rings. The fourth-order valence-electron chi connectivity index (χ4n) is 2.57. The Labute approximate surface area is 101 Å². The largest absolute Gasteiger partial charge is 0.461 e. The maximum atomic E-state index is 11.8. The second-order valence-corrected chi connectivity index (χ2v) is 4.93. The predicted molar refractivity (Wildman–Crippen MR) is 61.6 cm³/mol. The van der Waals surface area contributed by atoms with Crippen LogP contribution in [-0.4, -0.2) is 49.1 Å². The molecule has 4 atom stereocenters. The smallest absolute Gasteiger partial charge is 0.323 e. The van der Waals surface area contributed by atoms with E-state index in [0.29, 0.717) is 13.0 Å². The van der Waals surface area contributed by atoms with Crippen LogP contribution < -0.4 is 5.32 Å². The molecule has 2 unspecified atom stereocenters. The first-order valence-corrected chi connectivity index (χ1v) is 6.33. The van der Waals surface area contributed by atoms with Gasteiger partial charge < -0.3 is 19.9 Å². The molecule has 1 saturated heterocycles. The van der Waals surface area contributed by atoms with Crippen molar-refractivity contribution >= 4 is 5.97 Å². The van der Waals surface area contributed by atoms with Crippen molar-refractivity contribution in [3.05, 3.63) is 0 Å². The number of methoxy groups -OCH3 is 1. The zero-order chi connectivity index (χ0) is 12.3. The maximum absolute atomic E-state index is 11.8. The molecule has 0 spiro atoms. The molecule has 2 N–H and O–H groups in total. The Hall–Kier alpha value is -0.650. The maximum Gasteiger partial charge on any atom is 0.323 e. The molecule has 0 aromatic carbocycles. The van der Waals surface area contributed by atoms with E-state index in [0.717, 1.165) is 25.7 Å². The van der Waals surface area contributed by atoms with Gasteiger partial charge in [-0.3, -0.25) is 4.79 Å². The average molecular weight is 243 g/mol. The number of ether oxygens (including phenoxy) is 2. The molecule has 0 aromatic heterocycles. The van der Waals surface area contributed by atoms with E-state index in [4.69, 9.17) is 9.47 Å². The van der Waals surface area contributed by atoms with E-state index < -0.39 is 6.10 Å². The number of aliphatic hydroxyl groups is 1. The summed E-state index contributed by atoms with van der Waals surface area (Å²) < 4.78 is 10.8. The van der Waals surface area contributed by atoms with Crippen molar-refractivity contribution in [3.63, 3.8) is 0 Å². The molecule has 1 heterocycles. The summed E-state index contributed by atoms with van der Waals surface area (Å²) in [6.07, 6.45) is 4.01. The highest BCUT2D eigenvalue weighted by atomic mass is 16.5. The van der Waals surface area contributed by atoms with E-state index in [1.807, 2.05) is 0 Å². The fraction of sp³-hybridized carbons (Fsp3) is 0.917. The summed E-state index contributed by atoms with van der Waals surface area (Å²) in [6.45, 7) is 0.477. The fourth-order valence-corrected chi connectivity index (χ4v) is 2.57. The van der Waals surface area contributed by atoms with E-state index in [2.05, 4.69) is 5.32 Å². The number of hydrogen-bond donors (Lipinski definition) is 2. The molecule has 2 aliphatic rings. The molecule has 2 rings (SSSR count). The van der Waals surface area contributed by atoms with Gasteiger partial charge in [0.15, 0.2) is 0 Å². The van der Waals surface area contributed by atoms with E-state index in [-0.39, 0.29) is 24.2 Å². The van der Waals surface area contributed by atoms with Crippen molar-refractivity contribution in [2.75, 3.05) is 13.7 Å². The Balaban J connectivity index is 1.78. The van der Waals surface area contributed by atoms with Crippen molar-refractivity contribution in [2.45, 2.75) is 56.5 Å². The van der Waals surface area contributed by atoms with Gasteiger partial charge in [0.2, 0.25) is 0 Å². The summed E-state index contributed by atoms with van der Waals surface area (Å²) in [6, 6.07) is -0.340. The summed E-state index contributed by atoms with van der Waals surface area (Å²) in [5.74, 6) is -0.233. The summed E-state index contributed by atoms with van der Waals surface area (Å²) in [5, 5.41) is 12.3. The molecule has 0 aromatic rings. The van der Waals surface area contributed by atoms with Crippen LogP contribution >= 0.6 is 0 Å². The third-order valence-corrected chi connectivity index (χ3v) is 3.59. The lowest BCUT2D eigenvalue weighted by Crippen LogP contribution is -2.37. The Morgan fingerprint density at radius 1 is 1.29 bits per heavy atom. The third kappa shape index (κ3) is 3.40. The summed E-state index contributed by atoms with van der Waals surface area (Å²) in [5.41, 5.74) is 0. The van der Waals surface area contributed by atoms with E-state index in [9.17, 15) is 9.90 Å². The Bertz CT molecular complexity index is 271. The second-order valence-electron chi connectivity index (χ2n) is 4.93. The van der Waals surface area contributed by atoms with Crippen molar-refractivity contribution in [1.29, 1.82) is 0 Å². The zero-order valence-corrected chi connectivity index (χ0v) is 10.2. The van der Waals surface area contributed by atoms with Gasteiger partial charge in [0, 0.05) is 26.5 Å². The van der Waals surface area contributed by atoms with Crippen LogP contribution in [0.5, 0.6) is 0 Å². The highest BCUT2D eigenvalue weighted by Gasteiger charge is 2.32. The molecule has 1 saturated carbocycles. The first-order valence-electron chi connectivity index (χ1n) is 6.33. The number of nitrogens with one attached hydrogen (secondary N) is 1. The minimum atomic E-state index is -0.425. The van der Waals surface area contributed by atoms with Crippen LogP contribution in [0.15, 0.2) is 0 Å². The van der Waals surface area contributed by atoms with Crippen LogP contribution in [-0.2, 0) is 14.3 Å². The van der Waals surface area contributed by atoms with Gasteiger partial charge in [0.05, 0.1) is 12.2 Å². The van der Waals surface area contributed by atoms with Gasteiger partial charge in [-0.25, -0.2) is 0 Å². The molecule has 5 nitrogen and oxygen atoms in total. The van der Waals surface area contributed by atoms with Crippen LogP contribution in [0.25, 0.3) is 0 Å². The minimum Gasteiger partial charge on any atom is -0.461 e. The molecule has 0 amide bonds. The monoisotopic (exact) mass is 243 g/mol. The number of carbonyl (C=O) groups excluding carboxylic acids is 1. The second kappa shape index (κ2) is 5.80. The highest BCUT2D eigenvalue weighted by Crippen LogP contribution is 2.24. The van der Waals surface area contributed by atoms with Crippen molar-refractivity contribution in [3.8, 4) is 0 Å². The predicted octanol–water partition coefficient (Wildman–Crippen LogP) is 0.210. The summed E-state index contributed by atoms with van der Waals surface area (Å²) >= 11 is 0. The summed E-state index contributed by atoms with van der Waals surface area (Å²) in [7, 11) is 1.70. The SMILES string of the molecule is COC1CCCC(OC(=O)[C@H]2C[C@@H](O)CN2)C1. The van der Waals surface area contributed by atoms with Crippen molar-refractivity contribution < 1.29 is 19.4 Å². The standard InChI is InChI=1S/C12H21NO4/c1-16-9-3-2-4-10(6-9)17-12(15)11-5-8(14)7-13-11/h8-11,13-14H,2-7H2,1H3/t8-,9?,10?,11-/m1/s1. The van der Waals surface area contributed by atoms with Crippen LogP contribution in [0, 0.1) is 0 Å². The highest BCUT2D eigenvalue weighted by molar-refractivity contribution is 5.76. The van der Waals surface area contributed by atoms with Gasteiger partial charge in [-0.1, -0.05) is 0 Å². The molecular formula is C12H21NO4. The van der Waals surface area contributed by atoms with E-state index in [1.165, 1.54) is 0 Å². The quantitative estimate of drug-likeness (QED) is 0.694. The summed E-state index contributed by atoms with van der Waals surface area (Å²) in [4.78, 5) is 11.8. The number of rotatable bonds is 3. The van der Waals surface area contributed by atoms with Crippen LogP contribution in [0.2, 0.25) is 0 Å². The van der Waals surface area contributed by atoms with Crippen molar-refractivity contribution in [1.82, 2.24) is 5.32 Å². The van der Waals surface area contributed by atoms with Gasteiger partial charge in [-0.2, -0.15) is 0 Å². The Kier molecular flexibility index (Phi) is 4.36. The lowest BCUT2D eigenvalue weighted by molar-refractivity contribution is -0.155. The average Bonchev–Trinajstić information content (AvgIpc) is 2.76. The zero-order valence-electron chi connectivity index (χ0n) is 10.2. The number of esters is 1. The topological polar surface area (TPSA) is 67.8 Å². The number of hydrogen-bond acceptors (Lipinski definition) is 5. The molecule has 5 heteroatoms. The van der Waals surface area contributed by atoms with Crippen molar-refractivity contribution in [2.24, 2.45) is 0 Å². The van der Waals surface area contributed by atoms with Crippen LogP contribution in [0.1, 0.15) is 32.1 Å². The molecule has 1 aliphatic carbocycles. The Morgan fingerprint density at radius 2 is 2.06 bits per heavy atom. The van der Waals surface area contributed by atoms with Gasteiger partial charge in [-0.15, -0.1) is 0 Å². The minimum absolute atomic E-state index is 0.0271. The van der Waals surface area contributed by atoms with Crippen LogP contribution in [0.3, 0.4) is 0 Å². The number of carbonyl (C=O) groups is 1. The van der Waals surface area contributed by atoms with Gasteiger partial charge in [0.25, 0.3) is 0 Å². The molecule has 17 heavy (non-hydrogen) atoms. The molecule has 0 radical (unpaired) electrons. The first-order chi connectivity index (χ1) is 8.19. The lowest BCUT2D eigenvalue weighted by Gasteiger charge is -2.28. The van der Waals surface area contributed by atoms with Gasteiger partial charge in [0.1, 0.15) is 12.1 Å². The van der Waals surface area contributed by atoms with E-state index in [1.54, 1.807) is 7.11 Å². The first kappa shape index (κ1) is 12.8. The molecule has 1 aliphatic heterocycles. The van der Waals surface area contributed by atoms with Crippen LogP contribution in [0.4, 0.5) is 0 Å². The Morgan fingerprint density at radius 3 is 2.71 bits per heavy atom. The third-order valence-electron chi connectivity index (χ3n) is 3.59. The normalized spacial score (nSPS) is 38.0. The van der Waals surface area contributed by atoms with Gasteiger partial charge in [-0.05, 0) is 19.3 Å². The molecule has 0 bridgehead atoms. The molecular weight excluding hydrogens is 222 g/mol. The molecule has 98 valence electrons. The number of β-amino-alcohol motifs (C(OH)–C–C–N with tert-alkyl or cyclic N) is 1. The van der Waals surface area contributed by atoms with Gasteiger partial charge >= 0.3 is 5.97 Å².